The number of nitrogens with zero attached hydrogens (tertiary/aromatic N) is 3. The Morgan fingerprint density at radius 2 is 1.80 bits per heavy atom. The SMILES string of the molecule is CCOC(=O)C1=C(C)N=c2s/c(=C/c3ccc(OCc4ccccc4C#N)c(OCC)c3)c(=O)n2[C@@H]1c1ccc(C(C)C)cc1. The van der Waals surface area contributed by atoms with Gasteiger partial charge in [-0.15, -0.1) is 0 Å². The molecule has 4 aromatic rings. The summed E-state index contributed by atoms with van der Waals surface area (Å²) < 4.78 is 19.4. The summed E-state index contributed by atoms with van der Waals surface area (Å²) in [6.07, 6.45) is 1.80. The predicted octanol–water partition coefficient (Wildman–Crippen LogP) is 5.77. The number of fused-ring (bicyclic) bond motifs is 1. The van der Waals surface area contributed by atoms with Crippen molar-refractivity contribution in [2.24, 2.45) is 4.99 Å². The maximum Gasteiger partial charge on any atom is 0.338 e. The molecule has 0 N–H and O–H groups in total. The van der Waals surface area contributed by atoms with E-state index in [1.54, 1.807) is 36.6 Å². The number of nitriles is 1. The third-order valence-electron chi connectivity index (χ3n) is 7.52. The normalized spacial score (nSPS) is 14.5. The summed E-state index contributed by atoms with van der Waals surface area (Å²) in [4.78, 5) is 32.4. The van der Waals surface area contributed by atoms with Crippen LogP contribution in [-0.4, -0.2) is 23.8 Å². The number of allylic oxidation sites excluding steroid dienone is 1. The highest BCUT2D eigenvalue weighted by Crippen LogP contribution is 2.32. The predicted molar refractivity (Wildman–Crippen MR) is 174 cm³/mol. The molecule has 45 heavy (non-hydrogen) atoms. The molecule has 0 aliphatic carbocycles. The van der Waals surface area contributed by atoms with Crippen LogP contribution >= 0.6 is 11.3 Å². The van der Waals surface area contributed by atoms with Crippen molar-refractivity contribution < 1.29 is 19.0 Å². The number of esters is 1. The summed E-state index contributed by atoms with van der Waals surface area (Å²) in [6, 6.07) is 22.3. The number of rotatable bonds is 10. The molecule has 0 saturated carbocycles. The largest absolute Gasteiger partial charge is 0.490 e. The number of carbonyl (C=O) groups is 1. The Bertz CT molecular complexity index is 1980. The van der Waals surface area contributed by atoms with Crippen molar-refractivity contribution in [3.63, 3.8) is 0 Å². The van der Waals surface area contributed by atoms with Crippen molar-refractivity contribution in [2.45, 2.75) is 53.2 Å². The number of ether oxygens (including phenoxy) is 3. The van der Waals surface area contributed by atoms with Crippen LogP contribution in [0, 0.1) is 11.3 Å². The molecular weight excluding hydrogens is 586 g/mol. The van der Waals surface area contributed by atoms with E-state index in [1.807, 2.05) is 61.5 Å². The molecule has 0 spiro atoms. The molecule has 3 aromatic carbocycles. The van der Waals surface area contributed by atoms with Crippen LogP contribution in [0.15, 0.2) is 87.8 Å². The van der Waals surface area contributed by atoms with Crippen LogP contribution in [0.2, 0.25) is 0 Å². The van der Waals surface area contributed by atoms with Gasteiger partial charge in [-0.25, -0.2) is 9.79 Å². The summed E-state index contributed by atoms with van der Waals surface area (Å²) in [5, 5.41) is 9.41. The summed E-state index contributed by atoms with van der Waals surface area (Å²) in [6.45, 7) is 10.5. The van der Waals surface area contributed by atoms with E-state index in [9.17, 15) is 14.9 Å². The van der Waals surface area contributed by atoms with E-state index in [0.717, 1.165) is 22.3 Å². The summed E-state index contributed by atoms with van der Waals surface area (Å²) in [5.74, 6) is 0.912. The second kappa shape index (κ2) is 13.8. The lowest BCUT2D eigenvalue weighted by Gasteiger charge is -2.25. The summed E-state index contributed by atoms with van der Waals surface area (Å²) in [5.41, 5.74) is 4.67. The third-order valence-corrected chi connectivity index (χ3v) is 8.51. The van der Waals surface area contributed by atoms with E-state index < -0.39 is 12.0 Å². The molecule has 0 fully saturated rings. The first-order valence-electron chi connectivity index (χ1n) is 14.9. The topological polar surface area (TPSA) is 103 Å². The zero-order valence-corrected chi connectivity index (χ0v) is 26.8. The second-order valence-corrected chi connectivity index (χ2v) is 11.8. The average molecular weight is 622 g/mol. The fourth-order valence-electron chi connectivity index (χ4n) is 5.23. The highest BCUT2D eigenvalue weighted by Gasteiger charge is 2.33. The Kier molecular flexibility index (Phi) is 9.65. The molecule has 2 heterocycles. The number of thiazole rings is 1. The fourth-order valence-corrected chi connectivity index (χ4v) is 6.28. The zero-order valence-electron chi connectivity index (χ0n) is 26.0. The zero-order chi connectivity index (χ0) is 32.1. The molecule has 1 aliphatic rings. The van der Waals surface area contributed by atoms with Crippen molar-refractivity contribution in [1.82, 2.24) is 4.57 Å². The quantitative estimate of drug-likeness (QED) is 0.208. The van der Waals surface area contributed by atoms with Gasteiger partial charge in [-0.2, -0.15) is 5.26 Å². The summed E-state index contributed by atoms with van der Waals surface area (Å²) >= 11 is 1.27. The molecule has 0 saturated heterocycles. The maximum atomic E-state index is 14.0. The number of carbonyl (C=O) groups excluding carboxylic acids is 1. The van der Waals surface area contributed by atoms with Gasteiger partial charge in [0.2, 0.25) is 0 Å². The van der Waals surface area contributed by atoms with Crippen molar-refractivity contribution >= 4 is 23.4 Å². The van der Waals surface area contributed by atoms with Crippen LogP contribution in [-0.2, 0) is 16.1 Å². The van der Waals surface area contributed by atoms with Gasteiger partial charge in [0.1, 0.15) is 6.61 Å². The molecule has 1 aromatic heterocycles. The van der Waals surface area contributed by atoms with E-state index >= 15 is 0 Å². The van der Waals surface area contributed by atoms with Gasteiger partial charge in [0.05, 0.1) is 46.7 Å². The van der Waals surface area contributed by atoms with Gasteiger partial charge in [-0.1, -0.05) is 73.7 Å². The smallest absolute Gasteiger partial charge is 0.338 e. The van der Waals surface area contributed by atoms with E-state index in [2.05, 4.69) is 24.9 Å². The van der Waals surface area contributed by atoms with Gasteiger partial charge in [-0.3, -0.25) is 9.36 Å². The first-order valence-corrected chi connectivity index (χ1v) is 15.7. The molecule has 9 heteroatoms. The van der Waals surface area contributed by atoms with E-state index in [0.29, 0.717) is 50.2 Å². The van der Waals surface area contributed by atoms with Crippen LogP contribution < -0.4 is 24.4 Å². The second-order valence-electron chi connectivity index (χ2n) is 10.8. The molecule has 0 bridgehead atoms. The third kappa shape index (κ3) is 6.61. The van der Waals surface area contributed by atoms with E-state index in [-0.39, 0.29) is 18.8 Å². The minimum atomic E-state index is -0.672. The van der Waals surface area contributed by atoms with Gasteiger partial charge >= 0.3 is 5.97 Å². The van der Waals surface area contributed by atoms with Crippen molar-refractivity contribution in [3.05, 3.63) is 126 Å². The molecule has 0 amide bonds. The lowest BCUT2D eigenvalue weighted by Crippen LogP contribution is -2.39. The van der Waals surface area contributed by atoms with Crippen LogP contribution in [0.1, 0.15) is 74.4 Å². The maximum absolute atomic E-state index is 14.0. The van der Waals surface area contributed by atoms with Crippen LogP contribution in [0.3, 0.4) is 0 Å². The molecule has 230 valence electrons. The monoisotopic (exact) mass is 621 g/mol. The number of benzene rings is 3. The van der Waals surface area contributed by atoms with Crippen LogP contribution in [0.25, 0.3) is 6.08 Å². The molecule has 1 aliphatic heterocycles. The lowest BCUT2D eigenvalue weighted by atomic mass is 9.93. The Balaban J connectivity index is 1.55. The Morgan fingerprint density at radius 1 is 1.04 bits per heavy atom. The van der Waals surface area contributed by atoms with Crippen LogP contribution in [0.5, 0.6) is 11.5 Å². The van der Waals surface area contributed by atoms with Crippen molar-refractivity contribution in [3.8, 4) is 17.6 Å². The minimum Gasteiger partial charge on any atom is -0.490 e. The molecule has 1 atom stereocenters. The average Bonchev–Trinajstić information content (AvgIpc) is 3.34. The van der Waals surface area contributed by atoms with E-state index in [4.69, 9.17) is 14.2 Å². The van der Waals surface area contributed by atoms with Gasteiger partial charge in [0.15, 0.2) is 16.3 Å². The first kappa shape index (κ1) is 31.5. The first-order chi connectivity index (χ1) is 21.7. The van der Waals surface area contributed by atoms with Gasteiger partial charge in [0.25, 0.3) is 5.56 Å². The Morgan fingerprint density at radius 3 is 2.49 bits per heavy atom. The standard InChI is InChI=1S/C36H35N3O5S/c1-6-42-30-18-24(12-17-29(30)44-21-28-11-9-8-10-27(28)20-37)19-31-34(40)39-33(26-15-13-25(14-16-26)22(3)4)32(35(41)43-7-2)23(5)38-36(39)45-31/h8-19,22,33H,6-7,21H2,1-5H3/b31-19+/t33-/m1/s1. The number of aromatic nitrogens is 1. The highest BCUT2D eigenvalue weighted by molar-refractivity contribution is 7.07. The molecule has 8 nitrogen and oxygen atoms in total. The lowest BCUT2D eigenvalue weighted by molar-refractivity contribution is -0.139. The fraction of sp³-hybridized carbons (Fsp3) is 0.278. The van der Waals surface area contributed by atoms with Gasteiger partial charge in [0, 0.05) is 5.56 Å². The van der Waals surface area contributed by atoms with Gasteiger partial charge in [-0.05, 0) is 67.7 Å². The van der Waals surface area contributed by atoms with Crippen molar-refractivity contribution in [1.29, 1.82) is 5.26 Å². The number of hydrogen-bond acceptors (Lipinski definition) is 8. The van der Waals surface area contributed by atoms with E-state index in [1.165, 1.54) is 11.3 Å². The molecule has 5 rings (SSSR count). The number of hydrogen-bond donors (Lipinski definition) is 0. The molecule has 0 radical (unpaired) electrons. The van der Waals surface area contributed by atoms with Crippen LogP contribution in [0.4, 0.5) is 0 Å². The molecule has 0 unspecified atom stereocenters. The Labute approximate surface area is 266 Å². The van der Waals surface area contributed by atoms with Crippen molar-refractivity contribution in [2.75, 3.05) is 13.2 Å². The highest BCUT2D eigenvalue weighted by atomic mass is 32.1. The molecular formula is C36H35N3O5S. The van der Waals surface area contributed by atoms with Gasteiger partial charge < -0.3 is 14.2 Å². The Hall–Kier alpha value is -4.94. The minimum absolute atomic E-state index is 0.210. The summed E-state index contributed by atoms with van der Waals surface area (Å²) in [7, 11) is 0.